The van der Waals surface area contributed by atoms with Gasteiger partial charge >= 0.3 is 0 Å². The molecule has 0 unspecified atom stereocenters. The molecule has 7 heteroatoms. The van der Waals surface area contributed by atoms with Gasteiger partial charge in [-0.15, -0.1) is 0 Å². The van der Waals surface area contributed by atoms with E-state index < -0.39 is 0 Å². The van der Waals surface area contributed by atoms with E-state index in [1.807, 2.05) is 25.1 Å². The van der Waals surface area contributed by atoms with Crippen molar-refractivity contribution in [3.63, 3.8) is 0 Å². The number of carbonyl (C=O) groups is 1. The molecule has 3 aromatic rings. The number of amides is 1. The molecule has 0 spiro atoms. The summed E-state index contributed by atoms with van der Waals surface area (Å²) in [7, 11) is 0. The van der Waals surface area contributed by atoms with E-state index in [-0.39, 0.29) is 17.3 Å². The predicted molar refractivity (Wildman–Crippen MR) is 103 cm³/mol. The molecule has 0 saturated heterocycles. The Morgan fingerprint density at radius 1 is 1.33 bits per heavy atom. The lowest BCUT2D eigenvalue weighted by Gasteiger charge is -2.11. The largest absolute Gasteiger partial charge is 0.383 e. The van der Waals surface area contributed by atoms with E-state index in [0.29, 0.717) is 34.8 Å². The van der Waals surface area contributed by atoms with Gasteiger partial charge in [0.05, 0.1) is 11.4 Å². The smallest absolute Gasteiger partial charge is 0.224 e. The maximum atomic E-state index is 11.7. The number of aryl methyl sites for hydroxylation is 2. The summed E-state index contributed by atoms with van der Waals surface area (Å²) in [5.41, 5.74) is 10.4. The highest BCUT2D eigenvalue weighted by Gasteiger charge is 2.19. The molecule has 0 saturated carbocycles. The number of anilines is 2. The number of hydrogen-bond donors (Lipinski definition) is 2. The van der Waals surface area contributed by atoms with Crippen molar-refractivity contribution < 1.29 is 9.32 Å². The van der Waals surface area contributed by atoms with Crippen molar-refractivity contribution in [2.45, 2.75) is 27.2 Å². The molecule has 3 N–H and O–H groups in total. The predicted octanol–water partition coefficient (Wildman–Crippen LogP) is 3.82. The van der Waals surface area contributed by atoms with Crippen molar-refractivity contribution in [1.29, 1.82) is 5.26 Å². The van der Waals surface area contributed by atoms with Gasteiger partial charge in [0.2, 0.25) is 5.91 Å². The minimum Gasteiger partial charge on any atom is -0.383 e. The molecule has 2 heterocycles. The summed E-state index contributed by atoms with van der Waals surface area (Å²) >= 11 is 0. The van der Waals surface area contributed by atoms with Crippen molar-refractivity contribution in [1.82, 2.24) is 10.1 Å². The summed E-state index contributed by atoms with van der Waals surface area (Å²) in [5.74, 6) is 0.661. The molecule has 7 nitrogen and oxygen atoms in total. The summed E-state index contributed by atoms with van der Waals surface area (Å²) in [4.78, 5) is 16.0. The summed E-state index contributed by atoms with van der Waals surface area (Å²) in [6.45, 7) is 5.38. The molecule has 0 bridgehead atoms. The number of carbonyl (C=O) groups excluding carboxylic acids is 1. The van der Waals surface area contributed by atoms with Crippen LogP contribution in [0.4, 0.5) is 11.5 Å². The lowest BCUT2D eigenvalue weighted by molar-refractivity contribution is -0.115. The zero-order valence-electron chi connectivity index (χ0n) is 15.3. The molecular weight excluding hydrogens is 342 g/mol. The van der Waals surface area contributed by atoms with Crippen LogP contribution in [0.15, 0.2) is 34.9 Å². The molecule has 0 radical (unpaired) electrons. The number of nitrogen functional groups attached to an aromatic ring is 1. The molecule has 0 fully saturated rings. The maximum absolute atomic E-state index is 11.7. The molecule has 1 amide bonds. The summed E-state index contributed by atoms with van der Waals surface area (Å²) in [5, 5.41) is 16.3. The van der Waals surface area contributed by atoms with Crippen molar-refractivity contribution in [2.75, 3.05) is 11.1 Å². The number of nitriles is 1. The van der Waals surface area contributed by atoms with Gasteiger partial charge in [-0.25, -0.2) is 4.98 Å². The first-order valence-electron chi connectivity index (χ1n) is 8.48. The van der Waals surface area contributed by atoms with Gasteiger partial charge in [0, 0.05) is 28.8 Å². The molecule has 27 heavy (non-hydrogen) atoms. The minimum absolute atomic E-state index is 0.0733. The third kappa shape index (κ3) is 3.51. The summed E-state index contributed by atoms with van der Waals surface area (Å²) in [6, 6.07) is 11.2. The Morgan fingerprint density at radius 3 is 2.74 bits per heavy atom. The summed E-state index contributed by atoms with van der Waals surface area (Å²) in [6.07, 6.45) is 0.391. The fraction of sp³-hybridized carbons (Fsp3) is 0.200. The van der Waals surface area contributed by atoms with Crippen molar-refractivity contribution in [3.8, 4) is 28.5 Å². The lowest BCUT2D eigenvalue weighted by atomic mass is 9.97. The van der Waals surface area contributed by atoms with Crippen LogP contribution < -0.4 is 11.1 Å². The van der Waals surface area contributed by atoms with E-state index in [1.165, 1.54) is 0 Å². The molecule has 1 aromatic carbocycles. The number of nitrogens with zero attached hydrogens (tertiary/aromatic N) is 3. The molecule has 0 aliphatic heterocycles. The number of benzene rings is 1. The molecule has 0 aliphatic carbocycles. The van der Waals surface area contributed by atoms with Gasteiger partial charge in [0.25, 0.3) is 0 Å². The molecular formula is C20H19N5O2. The molecule has 3 rings (SSSR count). The average molecular weight is 361 g/mol. The first-order valence-corrected chi connectivity index (χ1v) is 8.48. The van der Waals surface area contributed by atoms with E-state index in [1.54, 1.807) is 26.0 Å². The fourth-order valence-electron chi connectivity index (χ4n) is 2.90. The van der Waals surface area contributed by atoms with Gasteiger partial charge in [0.15, 0.2) is 0 Å². The van der Waals surface area contributed by atoms with E-state index >= 15 is 0 Å². The lowest BCUT2D eigenvalue weighted by Crippen LogP contribution is -2.09. The Bertz CT molecular complexity index is 1040. The Morgan fingerprint density at radius 2 is 2.11 bits per heavy atom. The van der Waals surface area contributed by atoms with Gasteiger partial charge < -0.3 is 15.6 Å². The number of rotatable bonds is 4. The topological polar surface area (TPSA) is 118 Å². The second kappa shape index (κ2) is 7.30. The zero-order chi connectivity index (χ0) is 19.6. The van der Waals surface area contributed by atoms with Gasteiger partial charge in [-0.1, -0.05) is 24.2 Å². The standard InChI is InChI=1S/C20H19N5O2/c1-4-18(26)23-14-7-5-6-13(8-14)17-9-15(16(10-21)20(22)24-17)19-11(2)25-27-12(19)3/h5-9H,4H2,1-3H3,(H2,22,24)(H,23,26). The number of nitrogens with two attached hydrogens (primary N) is 1. The molecule has 0 atom stereocenters. The highest BCUT2D eigenvalue weighted by molar-refractivity contribution is 5.91. The highest BCUT2D eigenvalue weighted by Crippen LogP contribution is 2.35. The van der Waals surface area contributed by atoms with E-state index in [0.717, 1.165) is 11.1 Å². The van der Waals surface area contributed by atoms with Crippen LogP contribution in [0.25, 0.3) is 22.4 Å². The second-order valence-corrected chi connectivity index (χ2v) is 6.11. The van der Waals surface area contributed by atoms with Crippen LogP contribution >= 0.6 is 0 Å². The quantitative estimate of drug-likeness (QED) is 0.729. The van der Waals surface area contributed by atoms with Crippen molar-refractivity contribution in [3.05, 3.63) is 47.3 Å². The van der Waals surface area contributed by atoms with Gasteiger partial charge in [-0.3, -0.25) is 4.79 Å². The van der Waals surface area contributed by atoms with Crippen LogP contribution in [-0.4, -0.2) is 16.0 Å². The van der Waals surface area contributed by atoms with E-state index in [9.17, 15) is 10.1 Å². The Balaban J connectivity index is 2.15. The average Bonchev–Trinajstić information content (AvgIpc) is 2.99. The second-order valence-electron chi connectivity index (χ2n) is 6.11. The Labute approximate surface area is 156 Å². The van der Waals surface area contributed by atoms with Crippen LogP contribution in [0.3, 0.4) is 0 Å². The number of pyridine rings is 1. The van der Waals surface area contributed by atoms with Crippen molar-refractivity contribution >= 4 is 17.4 Å². The van der Waals surface area contributed by atoms with Crippen molar-refractivity contribution in [2.24, 2.45) is 0 Å². The minimum atomic E-state index is -0.0733. The molecule has 136 valence electrons. The highest BCUT2D eigenvalue weighted by atomic mass is 16.5. The van der Waals surface area contributed by atoms with Gasteiger partial charge in [-0.2, -0.15) is 5.26 Å². The van der Waals surface area contributed by atoms with Crippen LogP contribution in [0.5, 0.6) is 0 Å². The zero-order valence-corrected chi connectivity index (χ0v) is 15.3. The third-order valence-electron chi connectivity index (χ3n) is 4.23. The Kier molecular flexibility index (Phi) is 4.90. The number of nitrogens with one attached hydrogen (secondary N) is 1. The van der Waals surface area contributed by atoms with Gasteiger partial charge in [0.1, 0.15) is 23.2 Å². The SMILES string of the molecule is CCC(=O)Nc1cccc(-c2cc(-c3c(C)noc3C)c(C#N)c(N)n2)c1. The van der Waals surface area contributed by atoms with Crippen LogP contribution in [0, 0.1) is 25.2 Å². The Hall–Kier alpha value is -3.66. The first-order chi connectivity index (χ1) is 12.9. The van der Waals surface area contributed by atoms with Gasteiger partial charge in [-0.05, 0) is 32.0 Å². The van der Waals surface area contributed by atoms with E-state index in [2.05, 4.69) is 21.5 Å². The van der Waals surface area contributed by atoms with Crippen LogP contribution in [0.2, 0.25) is 0 Å². The maximum Gasteiger partial charge on any atom is 0.224 e. The van der Waals surface area contributed by atoms with E-state index in [4.69, 9.17) is 10.3 Å². The van der Waals surface area contributed by atoms with Crippen LogP contribution in [0.1, 0.15) is 30.4 Å². The number of aromatic nitrogens is 2. The normalized spacial score (nSPS) is 10.4. The number of hydrogen-bond acceptors (Lipinski definition) is 6. The first kappa shape index (κ1) is 18.1. The fourth-order valence-corrected chi connectivity index (χ4v) is 2.90. The third-order valence-corrected chi connectivity index (χ3v) is 4.23. The van der Waals surface area contributed by atoms with Crippen LogP contribution in [-0.2, 0) is 4.79 Å². The molecule has 0 aliphatic rings. The monoisotopic (exact) mass is 361 g/mol. The summed E-state index contributed by atoms with van der Waals surface area (Å²) < 4.78 is 5.24. The molecule has 2 aromatic heterocycles.